The van der Waals surface area contributed by atoms with Gasteiger partial charge in [-0.05, 0) is 0 Å². The quantitative estimate of drug-likeness (QED) is 0.692. The Labute approximate surface area is 114 Å². The molecule has 0 unspecified atom stereocenters. The number of carboxylic acids is 1. The van der Waals surface area contributed by atoms with Gasteiger partial charge in [-0.25, -0.2) is 13.4 Å². The van der Waals surface area contributed by atoms with Crippen molar-refractivity contribution < 1.29 is 18.3 Å². The number of rotatable bonds is 6. The summed E-state index contributed by atoms with van der Waals surface area (Å²) in [5.41, 5.74) is 0. The summed E-state index contributed by atoms with van der Waals surface area (Å²) in [7, 11) is -2.38. The van der Waals surface area contributed by atoms with Crippen LogP contribution in [0.15, 0.2) is 23.6 Å². The first kappa shape index (κ1) is 14.1. The average Bonchev–Trinajstić information content (AvgIpc) is 2.99. The highest BCUT2D eigenvalue weighted by molar-refractivity contribution is 7.89. The minimum atomic E-state index is -3.76. The van der Waals surface area contributed by atoms with Crippen LogP contribution in [0.3, 0.4) is 0 Å². The molecule has 0 atom stereocenters. The third-order valence-corrected chi connectivity index (χ3v) is 4.21. The minimum Gasteiger partial charge on any atom is -0.480 e. The average molecular weight is 300 g/mol. The Morgan fingerprint density at radius 3 is 2.90 bits per heavy atom. The number of carbonyl (C=O) groups is 1. The van der Waals surface area contributed by atoms with Crippen molar-refractivity contribution in [3.63, 3.8) is 0 Å². The van der Waals surface area contributed by atoms with E-state index in [1.807, 2.05) is 0 Å². The molecule has 0 amide bonds. The molecule has 2 rings (SSSR count). The molecule has 2 heterocycles. The zero-order valence-corrected chi connectivity index (χ0v) is 11.3. The number of nitrogens with one attached hydrogen (secondary N) is 1. The number of hydrogen-bond acceptors (Lipinski definition) is 6. The molecule has 0 bridgehead atoms. The summed E-state index contributed by atoms with van der Waals surface area (Å²) in [5, 5.41) is 18.5. The first-order chi connectivity index (χ1) is 9.39. The van der Waals surface area contributed by atoms with Crippen LogP contribution in [0.1, 0.15) is 5.82 Å². The Balaban J connectivity index is 2.16. The van der Waals surface area contributed by atoms with Crippen LogP contribution in [0.5, 0.6) is 0 Å². The second-order valence-electron chi connectivity index (χ2n) is 3.96. The molecule has 108 valence electrons. The first-order valence-corrected chi connectivity index (χ1v) is 6.88. The van der Waals surface area contributed by atoms with Crippen molar-refractivity contribution in [2.45, 2.75) is 18.0 Å². The number of aromatic amines is 1. The second-order valence-corrected chi connectivity index (χ2v) is 6.01. The topological polar surface area (TPSA) is 134 Å². The molecule has 10 nitrogen and oxygen atoms in total. The standard InChI is InChI=1S/C9H12N6O4S/c1-14(4-8-10-6-11-13-8)20(18,19)7-2-12-15(3-7)5-9(16)17/h2-3,6H,4-5H2,1H3,(H,16,17)(H,10,11,13). The summed E-state index contributed by atoms with van der Waals surface area (Å²) in [6.07, 6.45) is 3.55. The van der Waals surface area contributed by atoms with E-state index >= 15 is 0 Å². The molecule has 0 fully saturated rings. The molecule has 0 saturated carbocycles. The monoisotopic (exact) mass is 300 g/mol. The Hall–Kier alpha value is -2.27. The highest BCUT2D eigenvalue weighted by Crippen LogP contribution is 2.14. The lowest BCUT2D eigenvalue weighted by Crippen LogP contribution is -2.26. The predicted molar refractivity (Wildman–Crippen MR) is 64.9 cm³/mol. The molecular weight excluding hydrogens is 288 g/mol. The lowest BCUT2D eigenvalue weighted by molar-refractivity contribution is -0.137. The Kier molecular flexibility index (Phi) is 3.81. The molecule has 0 radical (unpaired) electrons. The molecule has 0 aliphatic rings. The van der Waals surface area contributed by atoms with Gasteiger partial charge in [-0.15, -0.1) is 0 Å². The normalized spacial score (nSPS) is 11.9. The van der Waals surface area contributed by atoms with Crippen LogP contribution in [0.25, 0.3) is 0 Å². The lowest BCUT2D eigenvalue weighted by Gasteiger charge is -2.13. The zero-order valence-electron chi connectivity index (χ0n) is 10.5. The van der Waals surface area contributed by atoms with E-state index < -0.39 is 22.5 Å². The van der Waals surface area contributed by atoms with Gasteiger partial charge in [-0.2, -0.15) is 14.5 Å². The van der Waals surface area contributed by atoms with E-state index in [1.54, 1.807) is 0 Å². The van der Waals surface area contributed by atoms with Gasteiger partial charge in [0.2, 0.25) is 10.0 Å². The molecule has 0 aliphatic heterocycles. The van der Waals surface area contributed by atoms with Gasteiger partial charge < -0.3 is 5.11 Å². The number of aliphatic carboxylic acids is 1. The van der Waals surface area contributed by atoms with E-state index in [0.717, 1.165) is 15.2 Å². The van der Waals surface area contributed by atoms with Gasteiger partial charge in [0.05, 0.1) is 12.7 Å². The molecule has 2 N–H and O–H groups in total. The fraction of sp³-hybridized carbons (Fsp3) is 0.333. The van der Waals surface area contributed by atoms with Gasteiger partial charge in [0.25, 0.3) is 0 Å². The third-order valence-electron chi connectivity index (χ3n) is 2.45. The summed E-state index contributed by atoms with van der Waals surface area (Å²) in [4.78, 5) is 14.3. The van der Waals surface area contributed by atoms with E-state index in [-0.39, 0.29) is 11.4 Å². The van der Waals surface area contributed by atoms with Crippen LogP contribution in [-0.2, 0) is 27.9 Å². The van der Waals surface area contributed by atoms with E-state index in [2.05, 4.69) is 20.3 Å². The Bertz CT molecular complexity index is 692. The Morgan fingerprint density at radius 1 is 1.55 bits per heavy atom. The highest BCUT2D eigenvalue weighted by Gasteiger charge is 2.23. The number of hydrogen-bond donors (Lipinski definition) is 2. The largest absolute Gasteiger partial charge is 0.480 e. The van der Waals surface area contributed by atoms with Crippen molar-refractivity contribution in [3.8, 4) is 0 Å². The van der Waals surface area contributed by atoms with E-state index in [9.17, 15) is 13.2 Å². The smallest absolute Gasteiger partial charge is 0.325 e. The number of nitrogens with zero attached hydrogens (tertiary/aromatic N) is 5. The zero-order chi connectivity index (χ0) is 14.8. The molecule has 0 spiro atoms. The van der Waals surface area contributed by atoms with Gasteiger partial charge >= 0.3 is 5.97 Å². The number of carboxylic acid groups (broad SMARTS) is 1. The molecule has 2 aromatic rings. The van der Waals surface area contributed by atoms with Crippen LogP contribution in [0.4, 0.5) is 0 Å². The molecule has 0 aliphatic carbocycles. The van der Waals surface area contributed by atoms with Crippen LogP contribution >= 0.6 is 0 Å². The molecular formula is C9H12N6O4S. The maximum Gasteiger partial charge on any atom is 0.325 e. The van der Waals surface area contributed by atoms with Crippen molar-refractivity contribution in [1.82, 2.24) is 29.3 Å². The van der Waals surface area contributed by atoms with Gasteiger partial charge in [0.15, 0.2) is 0 Å². The third kappa shape index (κ3) is 3.00. The lowest BCUT2D eigenvalue weighted by atomic mass is 10.6. The van der Waals surface area contributed by atoms with Gasteiger partial charge in [-0.3, -0.25) is 14.6 Å². The summed E-state index contributed by atoms with van der Waals surface area (Å²) in [6.45, 7) is -0.381. The minimum absolute atomic E-state index is 0.0203. The van der Waals surface area contributed by atoms with E-state index in [0.29, 0.717) is 5.82 Å². The van der Waals surface area contributed by atoms with Gasteiger partial charge in [0, 0.05) is 13.2 Å². The Morgan fingerprint density at radius 2 is 2.30 bits per heavy atom. The SMILES string of the molecule is CN(Cc1ncn[nH]1)S(=O)(=O)c1cnn(CC(=O)O)c1. The molecule has 0 aromatic carbocycles. The van der Waals surface area contributed by atoms with Crippen molar-refractivity contribution in [2.75, 3.05) is 7.05 Å². The van der Waals surface area contributed by atoms with Crippen LogP contribution in [-0.4, -0.2) is 55.8 Å². The fourth-order valence-corrected chi connectivity index (χ4v) is 2.57. The predicted octanol–water partition coefficient (Wildman–Crippen LogP) is -1.09. The number of H-pyrrole nitrogens is 1. The molecule has 20 heavy (non-hydrogen) atoms. The highest BCUT2D eigenvalue weighted by atomic mass is 32.2. The molecule has 0 saturated heterocycles. The van der Waals surface area contributed by atoms with Crippen LogP contribution in [0.2, 0.25) is 0 Å². The summed E-state index contributed by atoms with van der Waals surface area (Å²) in [5.74, 6) is -0.707. The summed E-state index contributed by atoms with van der Waals surface area (Å²) in [6, 6.07) is 0. The number of sulfonamides is 1. The molecule has 11 heteroatoms. The maximum absolute atomic E-state index is 12.2. The summed E-state index contributed by atoms with van der Waals surface area (Å²) >= 11 is 0. The number of aromatic nitrogens is 5. The van der Waals surface area contributed by atoms with E-state index in [4.69, 9.17) is 5.11 Å². The van der Waals surface area contributed by atoms with Crippen molar-refractivity contribution in [1.29, 1.82) is 0 Å². The van der Waals surface area contributed by atoms with Gasteiger partial charge in [0.1, 0.15) is 23.6 Å². The summed E-state index contributed by atoms with van der Waals surface area (Å²) < 4.78 is 26.5. The van der Waals surface area contributed by atoms with E-state index in [1.165, 1.54) is 19.6 Å². The van der Waals surface area contributed by atoms with Gasteiger partial charge in [-0.1, -0.05) is 0 Å². The molecule has 2 aromatic heterocycles. The van der Waals surface area contributed by atoms with Crippen LogP contribution < -0.4 is 0 Å². The fourth-order valence-electron chi connectivity index (χ4n) is 1.49. The van der Waals surface area contributed by atoms with Crippen molar-refractivity contribution >= 4 is 16.0 Å². The maximum atomic E-state index is 12.2. The van der Waals surface area contributed by atoms with Crippen molar-refractivity contribution in [2.24, 2.45) is 0 Å². The van der Waals surface area contributed by atoms with Crippen LogP contribution in [0, 0.1) is 0 Å². The first-order valence-electron chi connectivity index (χ1n) is 5.44. The van der Waals surface area contributed by atoms with Crippen molar-refractivity contribution in [3.05, 3.63) is 24.5 Å². The second kappa shape index (κ2) is 5.38.